The second kappa shape index (κ2) is 11.8. The molecular weight excluding hydrogens is 554 g/mol. The zero-order valence-electron chi connectivity index (χ0n) is 26.0. The highest BCUT2D eigenvalue weighted by atomic mass is 16.7. The minimum atomic E-state index is -1.06. The number of aliphatic hydroxyl groups is 4. The topological polar surface area (TPSA) is 147 Å². The number of carbonyl (C=O) groups is 1. The summed E-state index contributed by atoms with van der Waals surface area (Å²) in [6, 6.07) is 0. The molecule has 242 valence electrons. The van der Waals surface area contributed by atoms with Gasteiger partial charge in [-0.25, -0.2) is 4.79 Å². The zero-order chi connectivity index (χ0) is 30.6. The molecule has 0 amide bonds. The molecule has 10 nitrogen and oxygen atoms in total. The minimum Gasteiger partial charge on any atom is -0.458 e. The van der Waals surface area contributed by atoms with Gasteiger partial charge in [0, 0.05) is 56.2 Å². The number of carbonyl (C=O) groups excluding carboxylic acids is 1. The van der Waals surface area contributed by atoms with E-state index < -0.39 is 35.1 Å². The van der Waals surface area contributed by atoms with Gasteiger partial charge in [-0.05, 0) is 88.0 Å². The Balaban J connectivity index is 1.26. The maximum atomic E-state index is 12.6. The van der Waals surface area contributed by atoms with Crippen LogP contribution < -0.4 is 0 Å². The quantitative estimate of drug-likeness (QED) is 0.142. The number of ether oxygens (including phenoxy) is 4. The maximum Gasteiger partial charge on any atom is 0.331 e. The van der Waals surface area contributed by atoms with E-state index in [0.717, 1.165) is 31.3 Å². The fourth-order valence-electron chi connectivity index (χ4n) is 10.4. The van der Waals surface area contributed by atoms with Gasteiger partial charge in [-0.3, -0.25) is 4.99 Å². The number of nitrogens with zero attached hydrogens (tertiary/aromatic N) is 1. The Kier molecular flexibility index (Phi) is 8.63. The third kappa shape index (κ3) is 5.04. The summed E-state index contributed by atoms with van der Waals surface area (Å²) in [6.07, 6.45) is 8.64. The van der Waals surface area contributed by atoms with Gasteiger partial charge >= 0.3 is 5.97 Å². The molecule has 0 aromatic rings. The van der Waals surface area contributed by atoms with Crippen molar-refractivity contribution in [3.63, 3.8) is 0 Å². The van der Waals surface area contributed by atoms with Crippen LogP contribution in [0.3, 0.4) is 0 Å². The van der Waals surface area contributed by atoms with Gasteiger partial charge in [0.1, 0.15) is 12.7 Å². The Labute approximate surface area is 254 Å². The predicted octanol–water partition coefficient (Wildman–Crippen LogP) is 2.69. The standard InChI is InChI=1S/C33H51NO9/c1-20-29(37)26(40-3)16-28(42-20)43-22-5-10-31(19-34-13-4-14-35)24-6-9-30(2)23(21-15-27(36)41-18-21)8-12-33(30,39)25(24)7-11-32(31,38)17-22/h15,19-20,22-26,28-29,35,37-39H,4-14,16-18H2,1-3H3. The van der Waals surface area contributed by atoms with Crippen LogP contribution in [0, 0.1) is 28.6 Å². The van der Waals surface area contributed by atoms with E-state index in [4.69, 9.17) is 23.9 Å². The van der Waals surface area contributed by atoms with Gasteiger partial charge in [0.2, 0.25) is 0 Å². The van der Waals surface area contributed by atoms with E-state index in [1.54, 1.807) is 13.2 Å². The van der Waals surface area contributed by atoms with Crippen LogP contribution in [-0.2, 0) is 23.7 Å². The minimum absolute atomic E-state index is 0.00313. The van der Waals surface area contributed by atoms with E-state index in [-0.39, 0.29) is 48.0 Å². The summed E-state index contributed by atoms with van der Waals surface area (Å²) in [4.78, 5) is 16.7. The molecule has 6 rings (SSSR count). The zero-order valence-corrected chi connectivity index (χ0v) is 26.0. The molecule has 2 heterocycles. The lowest BCUT2D eigenvalue weighted by atomic mass is 9.41. The fraction of sp³-hybridized carbons (Fsp3) is 0.879. The third-order valence-electron chi connectivity index (χ3n) is 12.7. The summed E-state index contributed by atoms with van der Waals surface area (Å²) < 4.78 is 23.2. The van der Waals surface area contributed by atoms with Crippen molar-refractivity contribution in [2.24, 2.45) is 33.6 Å². The number of fused-ring (bicyclic) bond motifs is 5. The molecule has 2 aliphatic heterocycles. The molecule has 0 radical (unpaired) electrons. The number of methoxy groups -OCH3 is 1. The van der Waals surface area contributed by atoms with Gasteiger partial charge < -0.3 is 39.4 Å². The van der Waals surface area contributed by atoms with Gasteiger partial charge in [-0.1, -0.05) is 6.92 Å². The molecule has 5 fully saturated rings. The summed E-state index contributed by atoms with van der Waals surface area (Å²) in [5.74, 6) is -0.125. The molecule has 4 saturated carbocycles. The number of aliphatic imine (C=N–C) groups is 1. The lowest BCUT2D eigenvalue weighted by Crippen LogP contribution is -2.69. The Morgan fingerprint density at radius 2 is 1.91 bits per heavy atom. The highest BCUT2D eigenvalue weighted by Crippen LogP contribution is 2.70. The van der Waals surface area contributed by atoms with E-state index in [2.05, 4.69) is 6.92 Å². The van der Waals surface area contributed by atoms with Crippen molar-refractivity contribution in [3.8, 4) is 0 Å². The van der Waals surface area contributed by atoms with Crippen LogP contribution in [0.5, 0.6) is 0 Å². The maximum absolute atomic E-state index is 12.6. The number of rotatable bonds is 8. The van der Waals surface area contributed by atoms with E-state index in [0.29, 0.717) is 58.1 Å². The number of esters is 1. The van der Waals surface area contributed by atoms with E-state index in [1.165, 1.54) is 0 Å². The van der Waals surface area contributed by atoms with Crippen molar-refractivity contribution >= 4 is 12.2 Å². The summed E-state index contributed by atoms with van der Waals surface area (Å²) >= 11 is 0. The predicted molar refractivity (Wildman–Crippen MR) is 157 cm³/mol. The molecule has 0 bridgehead atoms. The molecule has 1 saturated heterocycles. The first kappa shape index (κ1) is 31.6. The van der Waals surface area contributed by atoms with E-state index in [9.17, 15) is 25.2 Å². The first-order chi connectivity index (χ1) is 20.5. The second-order valence-electron chi connectivity index (χ2n) is 14.5. The van der Waals surface area contributed by atoms with Crippen LogP contribution in [0.1, 0.15) is 84.5 Å². The lowest BCUT2D eigenvalue weighted by Gasteiger charge is -2.66. The first-order valence-electron chi connectivity index (χ1n) is 16.5. The normalized spacial score (nSPS) is 49.7. The number of hydrogen-bond acceptors (Lipinski definition) is 10. The van der Waals surface area contributed by atoms with Gasteiger partial charge in [-0.2, -0.15) is 0 Å². The van der Waals surface area contributed by atoms with Crippen molar-refractivity contribution < 1.29 is 44.2 Å². The van der Waals surface area contributed by atoms with E-state index >= 15 is 0 Å². The summed E-state index contributed by atoms with van der Waals surface area (Å²) in [5.41, 5.74) is -1.93. The number of cyclic esters (lactones) is 1. The van der Waals surface area contributed by atoms with Crippen LogP contribution in [0.25, 0.3) is 0 Å². The van der Waals surface area contributed by atoms with Crippen LogP contribution in [0.15, 0.2) is 16.6 Å². The van der Waals surface area contributed by atoms with Gasteiger partial charge in [0.05, 0.1) is 29.5 Å². The SMILES string of the molecule is COC1CC(OC2CCC3(C=NCCCO)C4CCC5(C)C(C6=CC(=O)OC6)CCC5(O)C4CCC3(O)C2)OC(C)C1O. The smallest absolute Gasteiger partial charge is 0.331 e. The first-order valence-corrected chi connectivity index (χ1v) is 16.5. The summed E-state index contributed by atoms with van der Waals surface area (Å²) in [5, 5.41) is 45.0. The average molecular weight is 606 g/mol. The Morgan fingerprint density at radius 1 is 1.12 bits per heavy atom. The highest BCUT2D eigenvalue weighted by molar-refractivity contribution is 5.85. The number of aliphatic hydroxyl groups excluding tert-OH is 2. The van der Waals surface area contributed by atoms with Crippen molar-refractivity contribution in [2.45, 2.75) is 126 Å². The largest absolute Gasteiger partial charge is 0.458 e. The van der Waals surface area contributed by atoms with E-state index in [1.807, 2.05) is 13.1 Å². The van der Waals surface area contributed by atoms with Crippen LogP contribution >= 0.6 is 0 Å². The molecule has 12 unspecified atom stereocenters. The van der Waals surface area contributed by atoms with Gasteiger partial charge in [0.15, 0.2) is 6.29 Å². The molecular formula is C33H51NO9. The van der Waals surface area contributed by atoms with Crippen molar-refractivity contribution in [1.82, 2.24) is 0 Å². The molecule has 0 spiro atoms. The molecule has 4 N–H and O–H groups in total. The van der Waals surface area contributed by atoms with Crippen molar-refractivity contribution in [3.05, 3.63) is 11.6 Å². The average Bonchev–Trinajstić information content (AvgIpc) is 3.52. The molecule has 0 aromatic heterocycles. The molecule has 4 aliphatic carbocycles. The summed E-state index contributed by atoms with van der Waals surface area (Å²) in [6.45, 7) is 4.90. The second-order valence-corrected chi connectivity index (χ2v) is 14.5. The fourth-order valence-corrected chi connectivity index (χ4v) is 10.4. The van der Waals surface area contributed by atoms with Crippen LogP contribution in [0.2, 0.25) is 0 Å². The Hall–Kier alpha value is -1.40. The van der Waals surface area contributed by atoms with Crippen LogP contribution in [0.4, 0.5) is 0 Å². The Morgan fingerprint density at radius 3 is 2.63 bits per heavy atom. The summed E-state index contributed by atoms with van der Waals surface area (Å²) in [7, 11) is 1.59. The van der Waals surface area contributed by atoms with Crippen LogP contribution in [-0.4, -0.2) is 101 Å². The van der Waals surface area contributed by atoms with Crippen molar-refractivity contribution in [1.29, 1.82) is 0 Å². The number of hydrogen-bond donors (Lipinski definition) is 4. The van der Waals surface area contributed by atoms with Gasteiger partial charge in [-0.15, -0.1) is 0 Å². The third-order valence-corrected chi connectivity index (χ3v) is 12.7. The lowest BCUT2D eigenvalue weighted by molar-refractivity contribution is -0.284. The molecule has 6 aliphatic rings. The molecule has 0 aromatic carbocycles. The monoisotopic (exact) mass is 605 g/mol. The molecule has 43 heavy (non-hydrogen) atoms. The van der Waals surface area contributed by atoms with Gasteiger partial charge in [0.25, 0.3) is 0 Å². The Bertz CT molecular complexity index is 1110. The van der Waals surface area contributed by atoms with Crippen molar-refractivity contribution in [2.75, 3.05) is 26.9 Å². The molecule has 10 heteroatoms. The highest BCUT2D eigenvalue weighted by Gasteiger charge is 2.71. The molecule has 12 atom stereocenters.